The predicted molar refractivity (Wildman–Crippen MR) is 80.9 cm³/mol. The quantitative estimate of drug-likeness (QED) is 0.810. The van der Waals surface area contributed by atoms with Crippen LogP contribution in [0.15, 0.2) is 30.3 Å². The zero-order valence-electron chi connectivity index (χ0n) is 12.2. The number of amides is 1. The number of nitrogens with zero attached hydrogens (tertiary/aromatic N) is 1. The van der Waals surface area contributed by atoms with Crippen LogP contribution in [0, 0.1) is 0 Å². The second-order valence-electron chi connectivity index (χ2n) is 5.26. The minimum atomic E-state index is -0.226. The molecule has 1 aliphatic heterocycles. The van der Waals surface area contributed by atoms with Crippen molar-refractivity contribution in [1.29, 1.82) is 0 Å². The highest BCUT2D eigenvalue weighted by molar-refractivity contribution is 5.80. The molecule has 1 fully saturated rings. The summed E-state index contributed by atoms with van der Waals surface area (Å²) in [6.45, 7) is 2.35. The Balaban J connectivity index is 1.62. The third-order valence-electron chi connectivity index (χ3n) is 3.64. The normalized spacial score (nSPS) is 18.6. The van der Waals surface area contributed by atoms with Gasteiger partial charge in [0.05, 0.1) is 0 Å². The summed E-state index contributed by atoms with van der Waals surface area (Å²) in [5.74, 6) is 0.0482. The van der Waals surface area contributed by atoms with Crippen LogP contribution in [0.3, 0.4) is 0 Å². The Morgan fingerprint density at radius 1 is 1.35 bits per heavy atom. The molecule has 2 rings (SSSR count). The lowest BCUT2D eigenvalue weighted by Gasteiger charge is -2.22. The van der Waals surface area contributed by atoms with Crippen LogP contribution in [-0.2, 0) is 9.53 Å². The first-order valence-electron chi connectivity index (χ1n) is 7.43. The number of anilines is 1. The third kappa shape index (κ3) is 4.53. The number of hydrogen-bond acceptors (Lipinski definition) is 3. The van der Waals surface area contributed by atoms with Crippen molar-refractivity contribution in [2.75, 3.05) is 31.6 Å². The van der Waals surface area contributed by atoms with Gasteiger partial charge in [0.1, 0.15) is 6.10 Å². The summed E-state index contributed by atoms with van der Waals surface area (Å²) in [6.07, 6.45) is 3.73. The van der Waals surface area contributed by atoms with E-state index in [1.54, 1.807) is 0 Å². The molecular weight excluding hydrogens is 252 g/mol. The van der Waals surface area contributed by atoms with Gasteiger partial charge in [-0.1, -0.05) is 18.2 Å². The lowest BCUT2D eigenvalue weighted by Crippen LogP contribution is -2.39. The molecule has 4 nitrogen and oxygen atoms in total. The molecule has 0 aliphatic carbocycles. The smallest absolute Gasteiger partial charge is 0.249 e. The van der Waals surface area contributed by atoms with Crippen molar-refractivity contribution in [1.82, 2.24) is 5.32 Å². The molecule has 20 heavy (non-hydrogen) atoms. The molecule has 0 bridgehead atoms. The zero-order chi connectivity index (χ0) is 14.2. The minimum absolute atomic E-state index is 0.0482. The van der Waals surface area contributed by atoms with Crippen LogP contribution in [0.4, 0.5) is 5.69 Å². The molecule has 1 aliphatic rings. The maximum atomic E-state index is 11.9. The van der Waals surface area contributed by atoms with E-state index in [9.17, 15) is 4.79 Å². The molecule has 1 amide bonds. The fourth-order valence-electron chi connectivity index (χ4n) is 2.40. The van der Waals surface area contributed by atoms with Crippen molar-refractivity contribution < 1.29 is 9.53 Å². The van der Waals surface area contributed by atoms with Gasteiger partial charge in [-0.25, -0.2) is 0 Å². The average molecular weight is 276 g/mol. The van der Waals surface area contributed by atoms with E-state index in [1.165, 1.54) is 5.69 Å². The molecule has 0 aromatic heterocycles. The first-order valence-corrected chi connectivity index (χ1v) is 7.43. The second-order valence-corrected chi connectivity index (χ2v) is 5.26. The Morgan fingerprint density at radius 3 is 2.85 bits per heavy atom. The van der Waals surface area contributed by atoms with E-state index in [0.29, 0.717) is 6.54 Å². The number of ether oxygens (including phenoxy) is 1. The topological polar surface area (TPSA) is 41.6 Å². The van der Waals surface area contributed by atoms with Gasteiger partial charge in [0.25, 0.3) is 0 Å². The lowest BCUT2D eigenvalue weighted by molar-refractivity contribution is -0.135. The van der Waals surface area contributed by atoms with Crippen LogP contribution >= 0.6 is 0 Å². The van der Waals surface area contributed by atoms with Crippen molar-refractivity contribution in [2.24, 2.45) is 0 Å². The predicted octanol–water partition coefficient (Wildman–Crippen LogP) is 2.20. The van der Waals surface area contributed by atoms with E-state index in [0.717, 1.165) is 38.8 Å². The molecule has 1 saturated heterocycles. The number of para-hydroxylation sites is 1. The van der Waals surface area contributed by atoms with Crippen LogP contribution in [0.5, 0.6) is 0 Å². The maximum Gasteiger partial charge on any atom is 0.249 e. The summed E-state index contributed by atoms with van der Waals surface area (Å²) < 4.78 is 5.46. The Hall–Kier alpha value is -1.55. The van der Waals surface area contributed by atoms with Gasteiger partial charge in [-0.2, -0.15) is 0 Å². The SMILES string of the molecule is CN(CCCNC(=O)[C@H]1CCCCO1)c1ccccc1. The van der Waals surface area contributed by atoms with Crippen molar-refractivity contribution in [3.05, 3.63) is 30.3 Å². The van der Waals surface area contributed by atoms with E-state index in [2.05, 4.69) is 29.4 Å². The molecule has 0 saturated carbocycles. The highest BCUT2D eigenvalue weighted by Gasteiger charge is 2.21. The summed E-state index contributed by atoms with van der Waals surface area (Å²) in [5.41, 5.74) is 1.20. The molecule has 1 aromatic rings. The van der Waals surface area contributed by atoms with Gasteiger partial charge in [-0.3, -0.25) is 4.79 Å². The van der Waals surface area contributed by atoms with Crippen molar-refractivity contribution in [3.63, 3.8) is 0 Å². The molecule has 1 aromatic carbocycles. The van der Waals surface area contributed by atoms with Gasteiger partial charge in [0.2, 0.25) is 5.91 Å². The number of carbonyl (C=O) groups is 1. The van der Waals surface area contributed by atoms with Gasteiger partial charge in [0, 0.05) is 32.4 Å². The second kappa shape index (κ2) is 7.90. The van der Waals surface area contributed by atoms with Crippen molar-refractivity contribution in [2.45, 2.75) is 31.8 Å². The molecular formula is C16H24N2O2. The van der Waals surface area contributed by atoms with Crippen molar-refractivity contribution >= 4 is 11.6 Å². The number of carbonyl (C=O) groups excluding carboxylic acids is 1. The number of hydrogen-bond donors (Lipinski definition) is 1. The van der Waals surface area contributed by atoms with Crippen molar-refractivity contribution in [3.8, 4) is 0 Å². The van der Waals surface area contributed by atoms with E-state index in [1.807, 2.05) is 18.2 Å². The molecule has 1 atom stereocenters. The highest BCUT2D eigenvalue weighted by Crippen LogP contribution is 2.13. The Morgan fingerprint density at radius 2 is 2.15 bits per heavy atom. The number of rotatable bonds is 6. The van der Waals surface area contributed by atoms with Gasteiger partial charge >= 0.3 is 0 Å². The molecule has 0 spiro atoms. The fraction of sp³-hybridized carbons (Fsp3) is 0.562. The monoisotopic (exact) mass is 276 g/mol. The van der Waals surface area contributed by atoms with Crippen LogP contribution in [0.25, 0.3) is 0 Å². The first-order chi connectivity index (χ1) is 9.77. The Labute approximate surface area is 121 Å². The van der Waals surface area contributed by atoms with Crippen LogP contribution in [0.2, 0.25) is 0 Å². The van der Waals surface area contributed by atoms with Gasteiger partial charge in [-0.05, 0) is 37.8 Å². The summed E-state index contributed by atoms with van der Waals surface area (Å²) >= 11 is 0. The third-order valence-corrected chi connectivity index (χ3v) is 3.64. The molecule has 4 heteroatoms. The van der Waals surface area contributed by atoms with Crippen LogP contribution in [0.1, 0.15) is 25.7 Å². The summed E-state index contributed by atoms with van der Waals surface area (Å²) in [7, 11) is 2.07. The largest absolute Gasteiger partial charge is 0.375 e. The van der Waals surface area contributed by atoms with E-state index < -0.39 is 0 Å². The first kappa shape index (κ1) is 14.9. The molecule has 0 unspecified atom stereocenters. The van der Waals surface area contributed by atoms with Gasteiger partial charge < -0.3 is 15.0 Å². The van der Waals surface area contributed by atoms with Crippen LogP contribution < -0.4 is 10.2 Å². The fourth-order valence-corrected chi connectivity index (χ4v) is 2.40. The number of benzene rings is 1. The highest BCUT2D eigenvalue weighted by atomic mass is 16.5. The Kier molecular flexibility index (Phi) is 5.87. The summed E-state index contributed by atoms with van der Waals surface area (Å²) in [4.78, 5) is 14.1. The number of nitrogens with one attached hydrogen (secondary N) is 1. The molecule has 110 valence electrons. The minimum Gasteiger partial charge on any atom is -0.375 e. The average Bonchev–Trinajstić information content (AvgIpc) is 2.53. The van der Waals surface area contributed by atoms with Crippen LogP contribution in [-0.4, -0.2) is 38.8 Å². The summed E-state index contributed by atoms with van der Waals surface area (Å²) in [5, 5.41) is 2.97. The summed E-state index contributed by atoms with van der Waals surface area (Å²) in [6, 6.07) is 10.3. The van der Waals surface area contributed by atoms with E-state index >= 15 is 0 Å². The Bertz CT molecular complexity index is 402. The van der Waals surface area contributed by atoms with E-state index in [-0.39, 0.29) is 12.0 Å². The van der Waals surface area contributed by atoms with Gasteiger partial charge in [0.15, 0.2) is 0 Å². The standard InChI is InChI=1S/C16H24N2O2/c1-18(14-8-3-2-4-9-14)12-7-11-17-16(19)15-10-5-6-13-20-15/h2-4,8-9,15H,5-7,10-13H2,1H3,(H,17,19)/t15-/m1/s1. The zero-order valence-corrected chi connectivity index (χ0v) is 12.2. The molecule has 1 heterocycles. The molecule has 1 N–H and O–H groups in total. The van der Waals surface area contributed by atoms with Gasteiger partial charge in [-0.15, -0.1) is 0 Å². The van der Waals surface area contributed by atoms with E-state index in [4.69, 9.17) is 4.74 Å². The lowest BCUT2D eigenvalue weighted by atomic mass is 10.1. The molecule has 0 radical (unpaired) electrons. The maximum absolute atomic E-state index is 11.9.